The summed E-state index contributed by atoms with van der Waals surface area (Å²) in [4.78, 5) is 17.4. The lowest BCUT2D eigenvalue weighted by molar-refractivity contribution is 0.0940. The van der Waals surface area contributed by atoms with E-state index < -0.39 is 0 Å². The molecule has 3 aromatic heterocycles. The molecule has 1 atom stereocenters. The monoisotopic (exact) mass is 391 g/mol. The number of ether oxygens (including phenoxy) is 1. The van der Waals surface area contributed by atoms with E-state index in [1.165, 1.54) is 11.3 Å². The van der Waals surface area contributed by atoms with Gasteiger partial charge in [0, 0.05) is 35.9 Å². The molecule has 0 N–H and O–H groups in total. The number of aromatic nitrogens is 5. The van der Waals surface area contributed by atoms with Gasteiger partial charge in [0.2, 0.25) is 0 Å². The van der Waals surface area contributed by atoms with Crippen molar-refractivity contribution in [2.45, 2.75) is 56.2 Å². The fourth-order valence-corrected chi connectivity index (χ4v) is 4.68. The maximum atomic E-state index is 12.1. The second-order valence-corrected chi connectivity index (χ2v) is 8.49. The van der Waals surface area contributed by atoms with Crippen molar-refractivity contribution in [3.63, 3.8) is 0 Å². The Balaban J connectivity index is 1.55. The van der Waals surface area contributed by atoms with E-state index in [-0.39, 0.29) is 11.7 Å². The SMILES string of the molecule is CC(C)c1nnc(SCc2cc(=O)n3ccsc3n2)n1CC1CCCO1. The maximum absolute atomic E-state index is 12.1. The first-order chi connectivity index (χ1) is 12.6. The zero-order chi connectivity index (χ0) is 18.1. The zero-order valence-corrected chi connectivity index (χ0v) is 16.4. The summed E-state index contributed by atoms with van der Waals surface area (Å²) >= 11 is 3.03. The van der Waals surface area contributed by atoms with E-state index in [0.29, 0.717) is 11.7 Å². The molecule has 0 radical (unpaired) electrons. The van der Waals surface area contributed by atoms with Crippen molar-refractivity contribution in [3.8, 4) is 0 Å². The molecule has 0 bridgehead atoms. The number of hydrogen-bond donors (Lipinski definition) is 0. The second-order valence-electron chi connectivity index (χ2n) is 6.67. The molecule has 138 valence electrons. The summed E-state index contributed by atoms with van der Waals surface area (Å²) in [6.45, 7) is 5.86. The average Bonchev–Trinajstić information content (AvgIpc) is 3.34. The van der Waals surface area contributed by atoms with Crippen LogP contribution < -0.4 is 5.56 Å². The Labute approximate surface area is 159 Å². The van der Waals surface area contributed by atoms with Crippen molar-refractivity contribution in [3.05, 3.63) is 39.5 Å². The van der Waals surface area contributed by atoms with Crippen molar-refractivity contribution in [2.75, 3.05) is 6.61 Å². The fraction of sp³-hybridized carbons (Fsp3) is 0.529. The lowest BCUT2D eigenvalue weighted by Gasteiger charge is -2.15. The highest BCUT2D eigenvalue weighted by Crippen LogP contribution is 2.26. The largest absolute Gasteiger partial charge is 0.376 e. The van der Waals surface area contributed by atoms with Gasteiger partial charge in [0.1, 0.15) is 5.82 Å². The van der Waals surface area contributed by atoms with Crippen molar-refractivity contribution < 1.29 is 4.74 Å². The van der Waals surface area contributed by atoms with Gasteiger partial charge in [-0.1, -0.05) is 25.6 Å². The second kappa shape index (κ2) is 7.50. The Morgan fingerprint density at radius 1 is 1.42 bits per heavy atom. The first-order valence-corrected chi connectivity index (χ1v) is 10.6. The highest BCUT2D eigenvalue weighted by atomic mass is 32.2. The summed E-state index contributed by atoms with van der Waals surface area (Å²) in [6.07, 6.45) is 4.17. The number of thiazole rings is 1. The number of rotatable bonds is 6. The van der Waals surface area contributed by atoms with Gasteiger partial charge in [-0.05, 0) is 12.8 Å². The molecule has 4 rings (SSSR count). The Morgan fingerprint density at radius 2 is 2.31 bits per heavy atom. The molecule has 3 aromatic rings. The lowest BCUT2D eigenvalue weighted by atomic mass is 10.2. The fourth-order valence-electron chi connectivity index (χ4n) is 3.10. The molecule has 1 saturated heterocycles. The van der Waals surface area contributed by atoms with E-state index in [1.807, 2.05) is 5.38 Å². The van der Waals surface area contributed by atoms with Crippen LogP contribution in [-0.4, -0.2) is 36.9 Å². The van der Waals surface area contributed by atoms with Gasteiger partial charge < -0.3 is 9.30 Å². The topological polar surface area (TPSA) is 74.3 Å². The van der Waals surface area contributed by atoms with Gasteiger partial charge in [0.25, 0.3) is 5.56 Å². The predicted octanol–water partition coefficient (Wildman–Crippen LogP) is 2.94. The van der Waals surface area contributed by atoms with Crippen LogP contribution in [0.5, 0.6) is 0 Å². The van der Waals surface area contributed by atoms with Crippen molar-refractivity contribution >= 4 is 28.1 Å². The zero-order valence-electron chi connectivity index (χ0n) is 14.8. The van der Waals surface area contributed by atoms with Crippen LogP contribution in [0.4, 0.5) is 0 Å². The molecule has 0 saturated carbocycles. The maximum Gasteiger partial charge on any atom is 0.258 e. The lowest BCUT2D eigenvalue weighted by Crippen LogP contribution is -2.18. The van der Waals surface area contributed by atoms with Crippen LogP contribution in [0, 0.1) is 0 Å². The minimum Gasteiger partial charge on any atom is -0.376 e. The third-order valence-corrected chi connectivity index (χ3v) is 6.13. The van der Waals surface area contributed by atoms with Crippen molar-refractivity contribution in [2.24, 2.45) is 0 Å². The summed E-state index contributed by atoms with van der Waals surface area (Å²) in [5, 5.41) is 11.5. The third-order valence-electron chi connectivity index (χ3n) is 4.38. The number of thioether (sulfide) groups is 1. The quantitative estimate of drug-likeness (QED) is 0.602. The highest BCUT2D eigenvalue weighted by Gasteiger charge is 2.22. The summed E-state index contributed by atoms with van der Waals surface area (Å²) in [6, 6.07) is 1.59. The first kappa shape index (κ1) is 17.7. The van der Waals surface area contributed by atoms with E-state index in [4.69, 9.17) is 4.74 Å². The smallest absolute Gasteiger partial charge is 0.258 e. The van der Waals surface area contributed by atoms with E-state index in [0.717, 1.165) is 47.6 Å². The highest BCUT2D eigenvalue weighted by molar-refractivity contribution is 7.98. The first-order valence-electron chi connectivity index (χ1n) is 8.75. The van der Waals surface area contributed by atoms with E-state index >= 15 is 0 Å². The van der Waals surface area contributed by atoms with Gasteiger partial charge >= 0.3 is 0 Å². The van der Waals surface area contributed by atoms with Gasteiger partial charge in [-0.15, -0.1) is 21.5 Å². The molecule has 1 aliphatic heterocycles. The third kappa shape index (κ3) is 3.56. The minimum absolute atomic E-state index is 0.0458. The van der Waals surface area contributed by atoms with Crippen molar-refractivity contribution in [1.82, 2.24) is 24.1 Å². The predicted molar refractivity (Wildman–Crippen MR) is 102 cm³/mol. The summed E-state index contributed by atoms with van der Waals surface area (Å²) in [5.41, 5.74) is 0.718. The molecule has 1 unspecified atom stereocenters. The Morgan fingerprint density at radius 3 is 3.08 bits per heavy atom. The van der Waals surface area contributed by atoms with Crippen LogP contribution in [-0.2, 0) is 17.0 Å². The van der Waals surface area contributed by atoms with Gasteiger partial charge in [-0.2, -0.15) is 0 Å². The van der Waals surface area contributed by atoms with Gasteiger partial charge in [-0.25, -0.2) is 4.98 Å². The van der Waals surface area contributed by atoms with Crippen LogP contribution in [0.25, 0.3) is 4.96 Å². The molecule has 0 amide bonds. The normalized spacial score (nSPS) is 17.6. The van der Waals surface area contributed by atoms with Crippen LogP contribution >= 0.6 is 23.1 Å². The number of nitrogens with zero attached hydrogens (tertiary/aromatic N) is 5. The molecule has 0 spiro atoms. The van der Waals surface area contributed by atoms with Gasteiger partial charge in [0.05, 0.1) is 18.3 Å². The molecule has 26 heavy (non-hydrogen) atoms. The van der Waals surface area contributed by atoms with E-state index in [1.54, 1.807) is 28.4 Å². The molecule has 7 nitrogen and oxygen atoms in total. The summed E-state index contributed by atoms with van der Waals surface area (Å²) < 4.78 is 9.53. The molecule has 1 fully saturated rings. The van der Waals surface area contributed by atoms with Crippen molar-refractivity contribution in [1.29, 1.82) is 0 Å². The molecule has 0 aromatic carbocycles. The van der Waals surface area contributed by atoms with E-state index in [2.05, 4.69) is 33.6 Å². The Hall–Kier alpha value is -1.71. The van der Waals surface area contributed by atoms with Gasteiger partial charge in [0.15, 0.2) is 10.1 Å². The summed E-state index contributed by atoms with van der Waals surface area (Å²) in [5.74, 6) is 1.86. The molecule has 1 aliphatic rings. The van der Waals surface area contributed by atoms with Gasteiger partial charge in [-0.3, -0.25) is 9.20 Å². The molecule has 4 heterocycles. The molecular weight excluding hydrogens is 370 g/mol. The molecular formula is C17H21N5O2S2. The van der Waals surface area contributed by atoms with Crippen LogP contribution in [0.2, 0.25) is 0 Å². The number of fused-ring (bicyclic) bond motifs is 1. The molecule has 0 aliphatic carbocycles. The standard InChI is InChI=1S/C17H21N5O2S2/c1-11(2)15-19-20-17(22(15)9-13-4-3-6-24-13)26-10-12-8-14(23)21-5-7-25-16(21)18-12/h5,7-8,11,13H,3-4,6,9-10H2,1-2H3. The van der Waals surface area contributed by atoms with Crippen LogP contribution in [0.15, 0.2) is 27.6 Å². The Kier molecular flexibility index (Phi) is 5.10. The molecule has 9 heteroatoms. The average molecular weight is 392 g/mol. The number of hydrogen-bond acceptors (Lipinski definition) is 7. The van der Waals surface area contributed by atoms with Crippen LogP contribution in [0.1, 0.15) is 44.1 Å². The van der Waals surface area contributed by atoms with Crippen LogP contribution in [0.3, 0.4) is 0 Å². The minimum atomic E-state index is -0.0458. The van der Waals surface area contributed by atoms with E-state index in [9.17, 15) is 4.79 Å². The summed E-state index contributed by atoms with van der Waals surface area (Å²) in [7, 11) is 0. The Bertz CT molecular complexity index is 956.